The Morgan fingerprint density at radius 2 is 1.81 bits per heavy atom. The van der Waals surface area contributed by atoms with Crippen molar-refractivity contribution in [2.45, 2.75) is 39.5 Å². The second-order valence-corrected chi connectivity index (χ2v) is 8.12. The number of ether oxygens (including phenoxy) is 2. The molecule has 1 fully saturated rings. The van der Waals surface area contributed by atoms with Gasteiger partial charge in [-0.2, -0.15) is 0 Å². The monoisotopic (exact) mass is 553 g/mol. The number of aliphatic hydroxyl groups is 1. The van der Waals surface area contributed by atoms with E-state index in [-0.39, 0.29) is 36.0 Å². The smallest absolute Gasteiger partial charge is 0.191 e. The number of guanidine groups is 1. The van der Waals surface area contributed by atoms with Crippen LogP contribution in [0.1, 0.15) is 36.5 Å². The van der Waals surface area contributed by atoms with Gasteiger partial charge in [0.15, 0.2) is 5.96 Å². The molecule has 3 N–H and O–H groups in total. The first kappa shape index (κ1) is 26.6. The fraction of sp³-hybridized carbons (Fsp3) is 0.480. The van der Waals surface area contributed by atoms with Gasteiger partial charge >= 0.3 is 0 Å². The minimum absolute atomic E-state index is 0. The molecule has 1 unspecified atom stereocenters. The Balaban J connectivity index is 0.00000363. The Bertz CT molecular complexity index is 811. The lowest BCUT2D eigenvalue weighted by Gasteiger charge is -2.27. The number of hydrogen-bond donors (Lipinski definition) is 3. The van der Waals surface area contributed by atoms with Gasteiger partial charge in [0.25, 0.3) is 0 Å². The van der Waals surface area contributed by atoms with Gasteiger partial charge in [-0.1, -0.05) is 54.6 Å². The maximum atomic E-state index is 9.43. The van der Waals surface area contributed by atoms with E-state index >= 15 is 0 Å². The van der Waals surface area contributed by atoms with Crippen molar-refractivity contribution >= 4 is 29.9 Å². The zero-order valence-electron chi connectivity index (χ0n) is 18.9. The number of aliphatic imine (C=N–C) groups is 1. The van der Waals surface area contributed by atoms with E-state index in [2.05, 4.69) is 54.0 Å². The minimum atomic E-state index is -0.0129. The average molecular weight is 553 g/mol. The highest BCUT2D eigenvalue weighted by Gasteiger charge is 2.34. The van der Waals surface area contributed by atoms with Crippen LogP contribution in [0, 0.1) is 5.41 Å². The Kier molecular flexibility index (Phi) is 12.0. The molecule has 0 bridgehead atoms. The van der Waals surface area contributed by atoms with Crippen molar-refractivity contribution in [1.82, 2.24) is 10.6 Å². The summed E-state index contributed by atoms with van der Waals surface area (Å²) in [5, 5.41) is 16.2. The van der Waals surface area contributed by atoms with Crippen LogP contribution in [0.4, 0.5) is 0 Å². The third-order valence-corrected chi connectivity index (χ3v) is 5.59. The van der Waals surface area contributed by atoms with E-state index in [0.29, 0.717) is 26.4 Å². The number of benzene rings is 2. The second-order valence-electron chi connectivity index (χ2n) is 8.12. The maximum absolute atomic E-state index is 9.43. The van der Waals surface area contributed by atoms with Crippen LogP contribution in [0.15, 0.2) is 59.6 Å². The highest BCUT2D eigenvalue weighted by Crippen LogP contribution is 2.31. The first-order chi connectivity index (χ1) is 15.2. The van der Waals surface area contributed by atoms with E-state index in [1.807, 2.05) is 18.2 Å². The molecule has 176 valence electrons. The molecule has 6 nitrogen and oxygen atoms in total. The molecule has 2 aromatic carbocycles. The van der Waals surface area contributed by atoms with Crippen LogP contribution in [-0.2, 0) is 29.2 Å². The molecule has 1 atom stereocenters. The predicted molar refractivity (Wildman–Crippen MR) is 139 cm³/mol. The van der Waals surface area contributed by atoms with E-state index < -0.39 is 0 Å². The zero-order chi connectivity index (χ0) is 21.8. The molecular formula is C25H36IN3O3. The fourth-order valence-corrected chi connectivity index (χ4v) is 3.77. The first-order valence-corrected chi connectivity index (χ1v) is 11.1. The van der Waals surface area contributed by atoms with Gasteiger partial charge in [-0.15, -0.1) is 24.0 Å². The number of halogens is 1. The van der Waals surface area contributed by atoms with Crippen molar-refractivity contribution in [3.05, 3.63) is 71.3 Å². The van der Waals surface area contributed by atoms with Gasteiger partial charge in [-0.3, -0.25) is 0 Å². The van der Waals surface area contributed by atoms with Crippen LogP contribution in [0.2, 0.25) is 0 Å². The Morgan fingerprint density at radius 1 is 1.06 bits per heavy atom. The molecule has 0 aromatic heterocycles. The lowest BCUT2D eigenvalue weighted by molar-refractivity contribution is 0.107. The van der Waals surface area contributed by atoms with Crippen molar-refractivity contribution in [3.63, 3.8) is 0 Å². The third-order valence-electron chi connectivity index (χ3n) is 5.59. The van der Waals surface area contributed by atoms with E-state index in [0.717, 1.165) is 49.6 Å². The Hall–Kier alpha value is -1.68. The third kappa shape index (κ3) is 8.69. The summed E-state index contributed by atoms with van der Waals surface area (Å²) in [6.45, 7) is 6.99. The minimum Gasteiger partial charge on any atom is -0.396 e. The van der Waals surface area contributed by atoms with Gasteiger partial charge in [0.1, 0.15) is 0 Å². The molecule has 2 aromatic rings. The van der Waals surface area contributed by atoms with Crippen molar-refractivity contribution in [3.8, 4) is 0 Å². The van der Waals surface area contributed by atoms with Crippen LogP contribution in [0.25, 0.3) is 0 Å². The van der Waals surface area contributed by atoms with Gasteiger partial charge in [0.05, 0.1) is 26.4 Å². The van der Waals surface area contributed by atoms with Gasteiger partial charge in [-0.05, 0) is 36.5 Å². The van der Waals surface area contributed by atoms with Gasteiger partial charge < -0.3 is 25.2 Å². The van der Waals surface area contributed by atoms with Crippen LogP contribution >= 0.6 is 24.0 Å². The molecule has 1 heterocycles. The van der Waals surface area contributed by atoms with Gasteiger partial charge in [0, 0.05) is 31.7 Å². The summed E-state index contributed by atoms with van der Waals surface area (Å²) in [7, 11) is 0. The molecule has 0 saturated carbocycles. The van der Waals surface area contributed by atoms with E-state index in [1.54, 1.807) is 0 Å². The summed E-state index contributed by atoms with van der Waals surface area (Å²) >= 11 is 0. The average Bonchev–Trinajstić information content (AvgIpc) is 3.26. The molecule has 0 radical (unpaired) electrons. The van der Waals surface area contributed by atoms with Crippen molar-refractivity contribution < 1.29 is 14.6 Å². The molecule has 32 heavy (non-hydrogen) atoms. The highest BCUT2D eigenvalue weighted by atomic mass is 127. The first-order valence-electron chi connectivity index (χ1n) is 11.1. The highest BCUT2D eigenvalue weighted by molar-refractivity contribution is 14.0. The number of hydrogen-bond acceptors (Lipinski definition) is 4. The molecule has 1 aliphatic heterocycles. The van der Waals surface area contributed by atoms with Crippen LogP contribution in [-0.4, -0.2) is 44.0 Å². The lowest BCUT2D eigenvalue weighted by Crippen LogP contribution is -2.44. The quantitative estimate of drug-likeness (QED) is 0.224. The number of nitrogens with one attached hydrogen (secondary N) is 2. The van der Waals surface area contributed by atoms with E-state index in [9.17, 15) is 5.11 Å². The summed E-state index contributed by atoms with van der Waals surface area (Å²) in [5.41, 5.74) is 3.45. The number of nitrogens with zero attached hydrogens (tertiary/aromatic N) is 1. The van der Waals surface area contributed by atoms with Gasteiger partial charge in [-0.25, -0.2) is 4.99 Å². The topological polar surface area (TPSA) is 75.1 Å². The predicted octanol–water partition coefficient (Wildman–Crippen LogP) is 3.87. The fourth-order valence-electron chi connectivity index (χ4n) is 3.77. The zero-order valence-corrected chi connectivity index (χ0v) is 21.2. The lowest BCUT2D eigenvalue weighted by atomic mass is 9.84. The summed E-state index contributed by atoms with van der Waals surface area (Å²) in [6.07, 6.45) is 1.70. The Labute approximate surface area is 208 Å². The second kappa shape index (κ2) is 14.5. The summed E-state index contributed by atoms with van der Waals surface area (Å²) in [6, 6.07) is 18.6. The molecule has 0 spiro atoms. The van der Waals surface area contributed by atoms with Crippen LogP contribution in [0.5, 0.6) is 0 Å². The van der Waals surface area contributed by atoms with E-state index in [1.165, 1.54) is 5.56 Å². The SMILES string of the molecule is CCNC(=NCc1cccc(COCc2ccccc2)c1)NCC1(CCO)CCOC1.I. The van der Waals surface area contributed by atoms with Crippen molar-refractivity contribution in [1.29, 1.82) is 0 Å². The normalized spacial score (nSPS) is 18.2. The molecule has 1 saturated heterocycles. The van der Waals surface area contributed by atoms with Crippen LogP contribution < -0.4 is 10.6 Å². The van der Waals surface area contributed by atoms with Gasteiger partial charge in [0.2, 0.25) is 0 Å². The number of rotatable bonds is 11. The Morgan fingerprint density at radius 3 is 2.53 bits per heavy atom. The molecule has 0 aliphatic carbocycles. The molecule has 0 amide bonds. The molecule has 1 aliphatic rings. The maximum Gasteiger partial charge on any atom is 0.191 e. The largest absolute Gasteiger partial charge is 0.396 e. The van der Waals surface area contributed by atoms with Crippen LogP contribution in [0.3, 0.4) is 0 Å². The standard InChI is InChI=1S/C25H35N3O3.HI/c1-2-26-24(28-19-25(11-13-29)12-14-30-20-25)27-16-22-9-6-10-23(15-22)18-31-17-21-7-4-3-5-8-21;/h3-10,15,29H,2,11-14,16-20H2,1H3,(H2,26,27,28);1H. The van der Waals surface area contributed by atoms with Crippen molar-refractivity contribution in [2.75, 3.05) is 32.9 Å². The molecule has 7 heteroatoms. The number of aliphatic hydroxyl groups excluding tert-OH is 1. The van der Waals surface area contributed by atoms with Crippen molar-refractivity contribution in [2.24, 2.45) is 10.4 Å². The molecule has 3 rings (SSSR count). The summed E-state index contributed by atoms with van der Waals surface area (Å²) in [4.78, 5) is 4.76. The summed E-state index contributed by atoms with van der Waals surface area (Å²) < 4.78 is 11.4. The molecular weight excluding hydrogens is 517 g/mol. The summed E-state index contributed by atoms with van der Waals surface area (Å²) in [5.74, 6) is 0.789. The van der Waals surface area contributed by atoms with E-state index in [4.69, 9.17) is 14.5 Å².